The number of carbonyl (C=O) groups excluding carboxylic acids is 1. The third kappa shape index (κ3) is 5.71. The number of nitrogens with zero attached hydrogens (tertiary/aromatic N) is 1. The van der Waals surface area contributed by atoms with Gasteiger partial charge in [0.05, 0.1) is 11.7 Å². The second-order valence-electron chi connectivity index (χ2n) is 5.80. The summed E-state index contributed by atoms with van der Waals surface area (Å²) in [4.78, 5) is 15.6. The fraction of sp³-hybridized carbons (Fsp3) is 0.316. The Balaban J connectivity index is 2.00. The summed E-state index contributed by atoms with van der Waals surface area (Å²) in [5, 5.41) is 2.66. The molecular formula is C19H22F2N2O2S. The van der Waals surface area contributed by atoms with Gasteiger partial charge in [0, 0.05) is 11.4 Å². The lowest BCUT2D eigenvalue weighted by molar-refractivity contribution is -0.120. The van der Waals surface area contributed by atoms with Crippen LogP contribution < -0.4 is 10.1 Å². The smallest absolute Gasteiger partial charge is 0.387 e. The highest BCUT2D eigenvalue weighted by Crippen LogP contribution is 2.26. The number of hydrogen-bond acceptors (Lipinski definition) is 4. The van der Waals surface area contributed by atoms with Gasteiger partial charge in [-0.15, -0.1) is 11.8 Å². The van der Waals surface area contributed by atoms with Crippen molar-refractivity contribution in [2.75, 3.05) is 18.6 Å². The maximum absolute atomic E-state index is 12.5. The van der Waals surface area contributed by atoms with E-state index in [2.05, 4.69) is 10.1 Å². The molecule has 0 fully saturated rings. The molecule has 4 nitrogen and oxygen atoms in total. The van der Waals surface area contributed by atoms with E-state index in [1.807, 2.05) is 42.5 Å². The molecule has 0 saturated carbocycles. The van der Waals surface area contributed by atoms with Crippen molar-refractivity contribution >= 4 is 23.4 Å². The molecule has 26 heavy (non-hydrogen) atoms. The number of carbonyl (C=O) groups is 1. The summed E-state index contributed by atoms with van der Waals surface area (Å²) in [6.07, 6.45) is 2.02. The van der Waals surface area contributed by atoms with Crippen LogP contribution in [0.1, 0.15) is 12.5 Å². The van der Waals surface area contributed by atoms with E-state index in [1.165, 1.54) is 17.0 Å². The highest BCUT2D eigenvalue weighted by atomic mass is 32.2. The van der Waals surface area contributed by atoms with Gasteiger partial charge in [-0.3, -0.25) is 9.69 Å². The molecule has 0 spiro atoms. The molecule has 2 aromatic rings. The van der Waals surface area contributed by atoms with E-state index in [9.17, 15) is 13.6 Å². The molecule has 0 aliphatic heterocycles. The van der Waals surface area contributed by atoms with Crippen LogP contribution in [-0.4, -0.2) is 36.8 Å². The standard InChI is InChI=1S/C19H22F2N2O2S/c1-13(23(2)12-14-8-10-15(26-3)11-9-14)18(24)22-16-6-4-5-7-17(16)25-19(20)21/h4-11,13,19H,12H2,1-3H3,(H,22,24). The van der Waals surface area contributed by atoms with E-state index in [-0.39, 0.29) is 17.3 Å². The molecule has 1 unspecified atom stereocenters. The monoisotopic (exact) mass is 380 g/mol. The van der Waals surface area contributed by atoms with Crippen LogP contribution in [-0.2, 0) is 11.3 Å². The highest BCUT2D eigenvalue weighted by molar-refractivity contribution is 7.98. The average Bonchev–Trinajstić information content (AvgIpc) is 2.62. The molecule has 1 atom stereocenters. The van der Waals surface area contributed by atoms with Crippen molar-refractivity contribution in [2.45, 2.75) is 31.0 Å². The summed E-state index contributed by atoms with van der Waals surface area (Å²) in [5.41, 5.74) is 1.31. The molecule has 1 N–H and O–H groups in total. The first-order chi connectivity index (χ1) is 12.4. The second-order valence-corrected chi connectivity index (χ2v) is 6.68. The van der Waals surface area contributed by atoms with Gasteiger partial charge in [-0.05, 0) is 50.1 Å². The summed E-state index contributed by atoms with van der Waals surface area (Å²) in [5.74, 6) is -0.350. The van der Waals surface area contributed by atoms with Gasteiger partial charge in [0.1, 0.15) is 5.75 Å². The quantitative estimate of drug-likeness (QED) is 0.686. The highest BCUT2D eigenvalue weighted by Gasteiger charge is 2.20. The molecule has 0 radical (unpaired) electrons. The van der Waals surface area contributed by atoms with E-state index in [4.69, 9.17) is 0 Å². The summed E-state index contributed by atoms with van der Waals surface area (Å²) in [6.45, 7) is -0.585. The normalized spacial score (nSPS) is 12.3. The van der Waals surface area contributed by atoms with Gasteiger partial charge in [-0.25, -0.2) is 0 Å². The summed E-state index contributed by atoms with van der Waals surface area (Å²) in [7, 11) is 1.84. The lowest BCUT2D eigenvalue weighted by Crippen LogP contribution is -2.39. The molecule has 0 aliphatic rings. The molecule has 140 valence electrons. The van der Waals surface area contributed by atoms with E-state index in [1.54, 1.807) is 30.8 Å². The summed E-state index contributed by atoms with van der Waals surface area (Å²) >= 11 is 1.67. The lowest BCUT2D eigenvalue weighted by Gasteiger charge is -2.24. The van der Waals surface area contributed by atoms with Gasteiger partial charge in [-0.2, -0.15) is 8.78 Å². The molecule has 2 rings (SSSR count). The Labute approximate surface area is 156 Å². The lowest BCUT2D eigenvalue weighted by atomic mass is 10.2. The number of likely N-dealkylation sites (N-methyl/N-ethyl adjacent to an activating group) is 1. The molecule has 1 amide bonds. The number of thioether (sulfide) groups is 1. The van der Waals surface area contributed by atoms with Gasteiger partial charge in [-0.1, -0.05) is 24.3 Å². The van der Waals surface area contributed by atoms with Crippen molar-refractivity contribution in [3.05, 3.63) is 54.1 Å². The van der Waals surface area contributed by atoms with E-state index in [0.29, 0.717) is 6.54 Å². The first-order valence-corrected chi connectivity index (χ1v) is 9.31. The number of hydrogen-bond donors (Lipinski definition) is 1. The number of alkyl halides is 2. The number of anilines is 1. The van der Waals surface area contributed by atoms with Crippen molar-refractivity contribution in [1.82, 2.24) is 4.90 Å². The minimum atomic E-state index is -2.95. The van der Waals surface area contributed by atoms with Crippen LogP contribution in [0.3, 0.4) is 0 Å². The van der Waals surface area contributed by atoms with Gasteiger partial charge in [0.15, 0.2) is 0 Å². The largest absolute Gasteiger partial charge is 0.433 e. The molecule has 0 saturated heterocycles. The number of amides is 1. The average molecular weight is 380 g/mol. The summed E-state index contributed by atoms with van der Waals surface area (Å²) in [6, 6.07) is 13.8. The Hall–Kier alpha value is -2.12. The van der Waals surface area contributed by atoms with Gasteiger partial charge in [0.2, 0.25) is 5.91 Å². The van der Waals surface area contributed by atoms with E-state index < -0.39 is 12.7 Å². The number of nitrogens with one attached hydrogen (secondary N) is 1. The van der Waals surface area contributed by atoms with Crippen LogP contribution in [0.4, 0.5) is 14.5 Å². The Morgan fingerprint density at radius 3 is 2.46 bits per heavy atom. The molecule has 0 aromatic heterocycles. The van der Waals surface area contributed by atoms with E-state index in [0.717, 1.165) is 5.56 Å². The second kappa shape index (κ2) is 9.54. The Morgan fingerprint density at radius 2 is 1.85 bits per heavy atom. The third-order valence-corrected chi connectivity index (χ3v) is 4.74. The predicted molar refractivity (Wildman–Crippen MR) is 101 cm³/mol. The van der Waals surface area contributed by atoms with E-state index >= 15 is 0 Å². The number of rotatable bonds is 8. The van der Waals surface area contributed by atoms with Crippen LogP contribution in [0.25, 0.3) is 0 Å². The molecule has 0 bridgehead atoms. The topological polar surface area (TPSA) is 41.6 Å². The predicted octanol–water partition coefficient (Wildman–Crippen LogP) is 4.47. The number of para-hydroxylation sites is 2. The van der Waals surface area contributed by atoms with Gasteiger partial charge < -0.3 is 10.1 Å². The molecule has 2 aromatic carbocycles. The minimum absolute atomic E-state index is 0.0571. The Kier molecular flexibility index (Phi) is 7.41. The maximum atomic E-state index is 12.5. The first kappa shape index (κ1) is 20.2. The third-order valence-electron chi connectivity index (χ3n) is 3.99. The minimum Gasteiger partial charge on any atom is -0.433 e. The zero-order valence-electron chi connectivity index (χ0n) is 14.9. The van der Waals surface area contributed by atoms with Crippen LogP contribution >= 0.6 is 11.8 Å². The number of ether oxygens (including phenoxy) is 1. The van der Waals surface area contributed by atoms with Crippen LogP contribution in [0.2, 0.25) is 0 Å². The molecular weight excluding hydrogens is 358 g/mol. The summed E-state index contributed by atoms with van der Waals surface area (Å²) < 4.78 is 29.4. The molecule has 7 heteroatoms. The maximum Gasteiger partial charge on any atom is 0.387 e. The van der Waals surface area contributed by atoms with Gasteiger partial charge >= 0.3 is 6.61 Å². The fourth-order valence-electron chi connectivity index (χ4n) is 2.36. The Bertz CT molecular complexity index is 726. The van der Waals surface area contributed by atoms with Crippen molar-refractivity contribution in [3.8, 4) is 5.75 Å². The zero-order valence-corrected chi connectivity index (χ0v) is 15.7. The number of benzene rings is 2. The van der Waals surface area contributed by atoms with Crippen molar-refractivity contribution in [1.29, 1.82) is 0 Å². The Morgan fingerprint density at radius 1 is 1.19 bits per heavy atom. The van der Waals surface area contributed by atoms with Gasteiger partial charge in [0.25, 0.3) is 0 Å². The zero-order chi connectivity index (χ0) is 19.1. The SMILES string of the molecule is CSc1ccc(CN(C)C(C)C(=O)Nc2ccccc2OC(F)F)cc1. The van der Waals surface area contributed by atoms with Crippen molar-refractivity contribution in [2.24, 2.45) is 0 Å². The fourth-order valence-corrected chi connectivity index (χ4v) is 2.77. The number of halogens is 2. The molecule has 0 heterocycles. The van der Waals surface area contributed by atoms with Crippen molar-refractivity contribution in [3.63, 3.8) is 0 Å². The van der Waals surface area contributed by atoms with Crippen molar-refractivity contribution < 1.29 is 18.3 Å². The molecule has 0 aliphatic carbocycles. The van der Waals surface area contributed by atoms with Crippen LogP contribution in [0.5, 0.6) is 5.75 Å². The van der Waals surface area contributed by atoms with Crippen LogP contribution in [0, 0.1) is 0 Å². The first-order valence-electron chi connectivity index (χ1n) is 8.08. The van der Waals surface area contributed by atoms with Crippen LogP contribution in [0.15, 0.2) is 53.4 Å².